The van der Waals surface area contributed by atoms with Crippen LogP contribution in [0.3, 0.4) is 0 Å². The standard InChI is InChI=1S/C50H31N5/c1-3-12-34(13-4-1)48-52-49(54-50(53-48)37-24-25-41-40-17-9-10-18-45(40)55(46(41)30-37)38-14-5-2-6-15-38)35-21-19-33(20-22-35)43-29-36-27-28-51-31-44(36)42-26-23-32-11-7-8-16-39(32)47(42)43/h1-31H. The Kier molecular flexibility index (Phi) is 7.10. The summed E-state index contributed by atoms with van der Waals surface area (Å²) in [5.74, 6) is 1.88. The van der Waals surface area contributed by atoms with Crippen molar-refractivity contribution in [2.24, 2.45) is 0 Å². The quantitative estimate of drug-likeness (QED) is 0.168. The number of fused-ring (bicyclic) bond motifs is 8. The molecule has 0 fully saturated rings. The number of benzene rings is 8. The van der Waals surface area contributed by atoms with Crippen LogP contribution < -0.4 is 0 Å². The lowest BCUT2D eigenvalue weighted by atomic mass is 9.90. The summed E-state index contributed by atoms with van der Waals surface area (Å²) in [5, 5.41) is 9.56. The first-order valence-corrected chi connectivity index (χ1v) is 18.5. The zero-order valence-corrected chi connectivity index (χ0v) is 29.6. The molecule has 0 amide bonds. The van der Waals surface area contributed by atoms with Gasteiger partial charge in [0.05, 0.1) is 11.0 Å². The van der Waals surface area contributed by atoms with E-state index in [1.54, 1.807) is 0 Å². The number of aromatic nitrogens is 5. The van der Waals surface area contributed by atoms with Crippen LogP contribution in [0.25, 0.3) is 105 Å². The molecule has 0 aliphatic heterocycles. The van der Waals surface area contributed by atoms with Gasteiger partial charge in [-0.3, -0.25) is 4.98 Å². The van der Waals surface area contributed by atoms with Crippen molar-refractivity contribution in [1.82, 2.24) is 24.5 Å². The second-order valence-electron chi connectivity index (χ2n) is 13.9. The van der Waals surface area contributed by atoms with Crippen molar-refractivity contribution in [3.8, 4) is 51.0 Å². The lowest BCUT2D eigenvalue weighted by Crippen LogP contribution is -2.00. The van der Waals surface area contributed by atoms with Gasteiger partial charge in [-0.05, 0) is 74.5 Å². The lowest BCUT2D eigenvalue weighted by Gasteiger charge is -2.14. The molecule has 3 aromatic heterocycles. The topological polar surface area (TPSA) is 56.5 Å². The summed E-state index contributed by atoms with van der Waals surface area (Å²) in [5.41, 5.74) is 8.45. The number of rotatable bonds is 5. The maximum absolute atomic E-state index is 5.16. The molecule has 55 heavy (non-hydrogen) atoms. The first-order valence-electron chi connectivity index (χ1n) is 18.5. The van der Waals surface area contributed by atoms with E-state index in [2.05, 4.69) is 155 Å². The van der Waals surface area contributed by atoms with Crippen LogP contribution in [-0.2, 0) is 0 Å². The zero-order valence-electron chi connectivity index (χ0n) is 29.6. The van der Waals surface area contributed by atoms with Gasteiger partial charge >= 0.3 is 0 Å². The molecule has 0 atom stereocenters. The van der Waals surface area contributed by atoms with E-state index in [-0.39, 0.29) is 0 Å². The molecular weight excluding hydrogens is 671 g/mol. The van der Waals surface area contributed by atoms with Crippen molar-refractivity contribution in [2.75, 3.05) is 0 Å². The van der Waals surface area contributed by atoms with Crippen molar-refractivity contribution in [3.05, 3.63) is 188 Å². The summed E-state index contributed by atoms with van der Waals surface area (Å²) >= 11 is 0. The Morgan fingerprint density at radius 2 is 0.964 bits per heavy atom. The fourth-order valence-corrected chi connectivity index (χ4v) is 8.11. The predicted molar refractivity (Wildman–Crippen MR) is 226 cm³/mol. The van der Waals surface area contributed by atoms with Gasteiger partial charge in [0.1, 0.15) is 0 Å². The van der Waals surface area contributed by atoms with E-state index >= 15 is 0 Å². The molecule has 8 aromatic carbocycles. The van der Waals surface area contributed by atoms with Gasteiger partial charge in [0.15, 0.2) is 17.5 Å². The number of hydrogen-bond donors (Lipinski definition) is 0. The van der Waals surface area contributed by atoms with Crippen molar-refractivity contribution in [2.45, 2.75) is 0 Å². The van der Waals surface area contributed by atoms with Crippen LogP contribution in [0.4, 0.5) is 0 Å². The molecule has 0 unspecified atom stereocenters. The Hall–Kier alpha value is -7.50. The molecule has 3 heterocycles. The van der Waals surface area contributed by atoms with Gasteiger partial charge in [0.25, 0.3) is 0 Å². The third-order valence-electron chi connectivity index (χ3n) is 10.7. The molecular formula is C50H31N5. The number of hydrogen-bond acceptors (Lipinski definition) is 4. The normalized spacial score (nSPS) is 11.6. The molecule has 0 aliphatic carbocycles. The molecule has 0 saturated carbocycles. The highest BCUT2D eigenvalue weighted by atomic mass is 15.0. The Morgan fingerprint density at radius 3 is 1.76 bits per heavy atom. The SMILES string of the molecule is c1ccc(-c2nc(-c3ccc(-c4cc5ccncc5c5ccc6ccccc6c45)cc3)nc(-c3ccc4c5ccccc5n(-c5ccccc5)c4c3)n2)cc1. The fraction of sp³-hybridized carbons (Fsp3) is 0. The van der Waals surface area contributed by atoms with E-state index in [1.165, 1.54) is 37.9 Å². The maximum Gasteiger partial charge on any atom is 0.164 e. The minimum Gasteiger partial charge on any atom is -0.309 e. The van der Waals surface area contributed by atoms with Crippen LogP contribution in [-0.4, -0.2) is 24.5 Å². The average Bonchev–Trinajstić information content (AvgIpc) is 3.60. The summed E-state index contributed by atoms with van der Waals surface area (Å²) < 4.78 is 2.32. The van der Waals surface area contributed by atoms with Crippen LogP contribution in [0.1, 0.15) is 0 Å². The van der Waals surface area contributed by atoms with Crippen molar-refractivity contribution in [1.29, 1.82) is 0 Å². The van der Waals surface area contributed by atoms with Gasteiger partial charge in [-0.2, -0.15) is 0 Å². The van der Waals surface area contributed by atoms with Crippen molar-refractivity contribution >= 4 is 54.1 Å². The maximum atomic E-state index is 5.16. The Balaban J connectivity index is 1.08. The van der Waals surface area contributed by atoms with Crippen LogP contribution in [0.15, 0.2) is 188 Å². The summed E-state index contributed by atoms with van der Waals surface area (Å²) in [6.45, 7) is 0. The molecule has 0 saturated heterocycles. The van der Waals surface area contributed by atoms with E-state index in [0.717, 1.165) is 49.7 Å². The Morgan fingerprint density at radius 1 is 0.364 bits per heavy atom. The second kappa shape index (κ2) is 12.6. The molecule has 256 valence electrons. The number of para-hydroxylation sites is 2. The molecule has 5 heteroatoms. The molecule has 0 radical (unpaired) electrons. The highest BCUT2D eigenvalue weighted by molar-refractivity contribution is 6.22. The van der Waals surface area contributed by atoms with Crippen LogP contribution >= 0.6 is 0 Å². The third kappa shape index (κ3) is 5.17. The Labute approximate surface area is 316 Å². The van der Waals surface area contributed by atoms with E-state index in [9.17, 15) is 0 Å². The van der Waals surface area contributed by atoms with E-state index in [0.29, 0.717) is 17.5 Å². The molecule has 11 aromatic rings. The third-order valence-corrected chi connectivity index (χ3v) is 10.7. The first-order chi connectivity index (χ1) is 27.3. The van der Waals surface area contributed by atoms with Gasteiger partial charge in [0.2, 0.25) is 0 Å². The van der Waals surface area contributed by atoms with Crippen LogP contribution in [0.5, 0.6) is 0 Å². The molecule has 0 aliphatic rings. The molecule has 0 bridgehead atoms. The van der Waals surface area contributed by atoms with E-state index < -0.39 is 0 Å². The highest BCUT2D eigenvalue weighted by Crippen LogP contribution is 2.40. The second-order valence-corrected chi connectivity index (χ2v) is 13.9. The zero-order chi connectivity index (χ0) is 36.3. The molecule has 0 N–H and O–H groups in total. The van der Waals surface area contributed by atoms with Gasteiger partial charge < -0.3 is 4.57 Å². The van der Waals surface area contributed by atoms with Gasteiger partial charge in [-0.15, -0.1) is 0 Å². The van der Waals surface area contributed by atoms with Crippen LogP contribution in [0.2, 0.25) is 0 Å². The fourth-order valence-electron chi connectivity index (χ4n) is 8.11. The highest BCUT2D eigenvalue weighted by Gasteiger charge is 2.18. The summed E-state index contributed by atoms with van der Waals surface area (Å²) in [6, 6.07) is 61.8. The van der Waals surface area contributed by atoms with Crippen molar-refractivity contribution in [3.63, 3.8) is 0 Å². The molecule has 0 spiro atoms. The van der Waals surface area contributed by atoms with Crippen LogP contribution in [0, 0.1) is 0 Å². The minimum absolute atomic E-state index is 0.624. The summed E-state index contributed by atoms with van der Waals surface area (Å²) in [6.07, 6.45) is 3.84. The van der Waals surface area contributed by atoms with Gasteiger partial charge in [-0.25, -0.2) is 15.0 Å². The smallest absolute Gasteiger partial charge is 0.164 e. The monoisotopic (exact) mass is 701 g/mol. The van der Waals surface area contributed by atoms with Gasteiger partial charge in [-0.1, -0.05) is 140 Å². The first kappa shape index (κ1) is 31.1. The van der Waals surface area contributed by atoms with E-state index in [4.69, 9.17) is 15.0 Å². The summed E-state index contributed by atoms with van der Waals surface area (Å²) in [4.78, 5) is 19.8. The predicted octanol–water partition coefficient (Wildman–Crippen LogP) is 12.5. The largest absolute Gasteiger partial charge is 0.309 e. The lowest BCUT2D eigenvalue weighted by molar-refractivity contribution is 1.07. The average molecular weight is 702 g/mol. The summed E-state index contributed by atoms with van der Waals surface area (Å²) in [7, 11) is 0. The number of pyridine rings is 1. The Bertz CT molecular complexity index is 3240. The molecule has 5 nitrogen and oxygen atoms in total. The van der Waals surface area contributed by atoms with Gasteiger partial charge in [0, 0.05) is 50.9 Å². The minimum atomic E-state index is 0.624. The van der Waals surface area contributed by atoms with Crippen molar-refractivity contribution < 1.29 is 0 Å². The molecule has 11 rings (SSSR count). The number of nitrogens with zero attached hydrogens (tertiary/aromatic N) is 5. The van der Waals surface area contributed by atoms with E-state index in [1.807, 2.05) is 42.7 Å².